The third-order valence-corrected chi connectivity index (χ3v) is 7.10. The third kappa shape index (κ3) is 6.69. The van der Waals surface area contributed by atoms with Crippen LogP contribution in [0.15, 0.2) is 35.3 Å². The maximum absolute atomic E-state index is 13.4. The largest absolute Gasteiger partial charge is 0.454 e. The zero-order valence-corrected chi connectivity index (χ0v) is 25.3. The molecule has 2 heterocycles. The fraction of sp³-hybridized carbons (Fsp3) is 0.655. The van der Waals surface area contributed by atoms with Crippen molar-refractivity contribution in [3.8, 4) is 0 Å². The van der Waals surface area contributed by atoms with E-state index >= 15 is 0 Å². The molecule has 3 aliphatic rings. The van der Waals surface area contributed by atoms with Gasteiger partial charge in [-0.1, -0.05) is 30.3 Å². The summed E-state index contributed by atoms with van der Waals surface area (Å²) < 4.78 is 34.5. The average Bonchev–Trinajstić information content (AvgIpc) is 3.17. The van der Waals surface area contributed by atoms with E-state index in [1.165, 1.54) is 7.11 Å². The van der Waals surface area contributed by atoms with Gasteiger partial charge < -0.3 is 33.5 Å². The number of alkyl carbamates (subject to hydrolysis) is 2. The van der Waals surface area contributed by atoms with E-state index in [9.17, 15) is 19.5 Å². The van der Waals surface area contributed by atoms with Crippen molar-refractivity contribution in [2.75, 3.05) is 7.11 Å². The van der Waals surface area contributed by atoms with Gasteiger partial charge in [0, 0.05) is 13.0 Å². The molecule has 2 amide bonds. The first-order valence-corrected chi connectivity index (χ1v) is 13.8. The number of ether oxygens (including phenoxy) is 6. The van der Waals surface area contributed by atoms with Gasteiger partial charge in [0.25, 0.3) is 0 Å². The summed E-state index contributed by atoms with van der Waals surface area (Å²) in [5, 5.41) is 16.5. The maximum atomic E-state index is 13.4. The molecule has 2 saturated heterocycles. The minimum Gasteiger partial charge on any atom is -0.454 e. The molecule has 1 aromatic rings. The van der Waals surface area contributed by atoms with E-state index in [4.69, 9.17) is 33.4 Å². The number of benzene rings is 1. The molecular formula is C29H41N3O10. The Hall–Kier alpha value is -3.26. The Morgan fingerprint density at radius 3 is 2.14 bits per heavy atom. The number of aliphatic hydroxyl groups is 1. The Balaban J connectivity index is 1.83. The van der Waals surface area contributed by atoms with Crippen LogP contribution < -0.4 is 10.6 Å². The Bertz CT molecular complexity index is 1170. The quantitative estimate of drug-likeness (QED) is 0.201. The fourth-order valence-corrected chi connectivity index (χ4v) is 5.61. The van der Waals surface area contributed by atoms with Crippen molar-refractivity contribution in [3.63, 3.8) is 0 Å². The predicted octanol–water partition coefficient (Wildman–Crippen LogP) is 2.78. The van der Waals surface area contributed by atoms with Crippen LogP contribution in [0.25, 0.3) is 0 Å². The first-order chi connectivity index (χ1) is 19.4. The maximum Gasteiger partial charge on any atom is 0.414 e. The van der Waals surface area contributed by atoms with Crippen molar-refractivity contribution in [1.82, 2.24) is 10.6 Å². The van der Waals surface area contributed by atoms with Crippen LogP contribution in [0.3, 0.4) is 0 Å². The first-order valence-electron chi connectivity index (χ1n) is 13.8. The topological polar surface area (TPSA) is 163 Å². The van der Waals surface area contributed by atoms with E-state index in [0.29, 0.717) is 0 Å². The van der Waals surface area contributed by atoms with E-state index in [1.54, 1.807) is 48.5 Å². The molecule has 0 spiro atoms. The van der Waals surface area contributed by atoms with Gasteiger partial charge in [-0.25, -0.2) is 19.4 Å². The summed E-state index contributed by atoms with van der Waals surface area (Å²) >= 11 is 0. The van der Waals surface area contributed by atoms with E-state index in [2.05, 4.69) is 10.6 Å². The number of hydrogen-bond donors (Lipinski definition) is 3. The molecule has 2 bridgehead atoms. The van der Waals surface area contributed by atoms with Crippen molar-refractivity contribution in [3.05, 3.63) is 35.9 Å². The zero-order chi connectivity index (χ0) is 31.1. The number of aliphatic imine (C=N–C) groups is 1. The number of methoxy groups -OCH3 is 1. The highest BCUT2D eigenvalue weighted by molar-refractivity contribution is 6.02. The molecule has 1 saturated carbocycles. The average molecular weight is 592 g/mol. The molecule has 0 unspecified atom stereocenters. The van der Waals surface area contributed by atoms with Crippen molar-refractivity contribution in [2.45, 2.75) is 108 Å². The first kappa shape index (κ1) is 31.7. The second kappa shape index (κ2) is 11.4. The van der Waals surface area contributed by atoms with Crippen LogP contribution in [0.1, 0.15) is 60.5 Å². The molecule has 42 heavy (non-hydrogen) atoms. The van der Waals surface area contributed by atoms with Gasteiger partial charge in [-0.3, -0.25) is 10.6 Å². The van der Waals surface area contributed by atoms with Crippen molar-refractivity contribution >= 4 is 24.1 Å². The lowest BCUT2D eigenvalue weighted by Crippen LogP contribution is -2.74. The van der Waals surface area contributed by atoms with E-state index in [1.807, 2.05) is 30.3 Å². The number of carbonyl (C=O) groups is 3. The monoisotopic (exact) mass is 591 g/mol. The SMILES string of the molecule is CO[C@H]1O[C@@H]2C(=O)O[C@H]3[C@@H](OCc4ccccc4)[C@]2(N=C(NC(=O)OC(C)(C)C)NC(=O)OC(C)(C)C)[C@@H]1C[C@]3(C)O. The number of hydrogen-bond acceptors (Lipinski definition) is 11. The Labute approximate surface area is 245 Å². The molecule has 13 heteroatoms. The van der Waals surface area contributed by atoms with Gasteiger partial charge in [-0.05, 0) is 60.5 Å². The second-order valence-electron chi connectivity index (χ2n) is 13.0. The number of carbonyl (C=O) groups excluding carboxylic acids is 3. The Kier molecular flexibility index (Phi) is 8.62. The van der Waals surface area contributed by atoms with Gasteiger partial charge in [0.2, 0.25) is 5.96 Å². The molecule has 0 radical (unpaired) electrons. The van der Waals surface area contributed by atoms with Gasteiger partial charge in [0.15, 0.2) is 18.5 Å². The van der Waals surface area contributed by atoms with Gasteiger partial charge >= 0.3 is 18.2 Å². The van der Waals surface area contributed by atoms with Gasteiger partial charge in [-0.2, -0.15) is 0 Å². The number of nitrogens with zero attached hydrogens (tertiary/aromatic N) is 1. The lowest BCUT2D eigenvalue weighted by Gasteiger charge is -2.55. The second-order valence-corrected chi connectivity index (χ2v) is 13.0. The summed E-state index contributed by atoms with van der Waals surface area (Å²) in [6.07, 6.45) is -6.37. The number of rotatable bonds is 5. The highest BCUT2D eigenvalue weighted by Crippen LogP contribution is 2.56. The molecule has 4 rings (SSSR count). The molecule has 0 aromatic heterocycles. The van der Waals surface area contributed by atoms with Gasteiger partial charge in [0.1, 0.15) is 28.4 Å². The molecule has 7 atom stereocenters. The predicted molar refractivity (Wildman–Crippen MR) is 148 cm³/mol. The summed E-state index contributed by atoms with van der Waals surface area (Å²) in [4.78, 5) is 44.0. The highest BCUT2D eigenvalue weighted by atomic mass is 16.7. The minimum absolute atomic E-state index is 0.0425. The fourth-order valence-electron chi connectivity index (χ4n) is 5.61. The standard InChI is InChI=1S/C29H41N3O10/c1-26(2,3)41-24(34)30-23(31-25(35)42-27(4,5)6)32-29-17-14-28(7,36)18(39-21(33)20(29)40-22(17)37-8)19(29)38-15-16-12-10-9-11-13-16/h9-13,17-20,22,36H,14-15H2,1-8H3,(H2,30,31,32,34,35)/t17-,18+,19-,20-,22+,28+,29-/m1/s1. The van der Waals surface area contributed by atoms with Gasteiger partial charge in [-0.15, -0.1) is 0 Å². The van der Waals surface area contributed by atoms with Crippen LogP contribution in [0, 0.1) is 5.92 Å². The third-order valence-electron chi connectivity index (χ3n) is 7.10. The van der Waals surface area contributed by atoms with Crippen LogP contribution in [0.5, 0.6) is 0 Å². The highest BCUT2D eigenvalue weighted by Gasteiger charge is 2.75. The molecule has 3 fully saturated rings. The van der Waals surface area contributed by atoms with Crippen LogP contribution in [0.4, 0.5) is 9.59 Å². The van der Waals surface area contributed by atoms with Crippen LogP contribution in [-0.2, 0) is 39.8 Å². The molecular weight excluding hydrogens is 550 g/mol. The molecule has 2 aliphatic heterocycles. The van der Waals surface area contributed by atoms with Crippen molar-refractivity contribution in [1.29, 1.82) is 0 Å². The lowest BCUT2D eigenvalue weighted by molar-refractivity contribution is -0.247. The summed E-state index contributed by atoms with van der Waals surface area (Å²) in [6.45, 7) is 11.7. The smallest absolute Gasteiger partial charge is 0.414 e. The van der Waals surface area contributed by atoms with E-state index in [0.717, 1.165) is 5.56 Å². The zero-order valence-electron chi connectivity index (χ0n) is 25.3. The minimum atomic E-state index is -1.60. The summed E-state index contributed by atoms with van der Waals surface area (Å²) in [6, 6.07) is 9.30. The molecule has 13 nitrogen and oxygen atoms in total. The normalized spacial score (nSPS) is 31.9. The van der Waals surface area contributed by atoms with Crippen molar-refractivity contribution < 1.29 is 47.9 Å². The van der Waals surface area contributed by atoms with Crippen LogP contribution in [0.2, 0.25) is 0 Å². The Morgan fingerprint density at radius 2 is 1.62 bits per heavy atom. The number of guanidine groups is 1. The van der Waals surface area contributed by atoms with Crippen LogP contribution in [-0.4, -0.2) is 83.3 Å². The summed E-state index contributed by atoms with van der Waals surface area (Å²) in [5.41, 5.74) is -4.06. The molecule has 1 aliphatic carbocycles. The van der Waals surface area contributed by atoms with Crippen LogP contribution >= 0.6 is 0 Å². The van der Waals surface area contributed by atoms with Gasteiger partial charge in [0.05, 0.1) is 6.61 Å². The molecule has 232 valence electrons. The van der Waals surface area contributed by atoms with E-state index in [-0.39, 0.29) is 19.0 Å². The van der Waals surface area contributed by atoms with Crippen molar-refractivity contribution in [2.24, 2.45) is 10.9 Å². The summed E-state index contributed by atoms with van der Waals surface area (Å²) in [7, 11) is 1.41. The number of fused-ring (bicyclic) bond motifs is 1. The number of amides is 2. The Morgan fingerprint density at radius 1 is 1.05 bits per heavy atom. The molecule has 1 aromatic carbocycles. The number of nitrogens with one attached hydrogen (secondary N) is 2. The summed E-state index contributed by atoms with van der Waals surface area (Å²) in [5.74, 6) is -1.91. The molecule has 3 N–H and O–H groups in total. The van der Waals surface area contributed by atoms with E-state index < -0.39 is 71.0 Å². The lowest BCUT2D eigenvalue weighted by atomic mass is 9.61. The number of esters is 1.